The number of anilines is 1. The smallest absolute Gasteiger partial charge is 0.254 e. The predicted octanol–water partition coefficient (Wildman–Crippen LogP) is 5.80. The lowest BCUT2D eigenvalue weighted by atomic mass is 10.1. The van der Waals surface area contributed by atoms with Gasteiger partial charge in [-0.2, -0.15) is 0 Å². The molecule has 6 nitrogen and oxygen atoms in total. The molecule has 3 aromatic carbocycles. The van der Waals surface area contributed by atoms with E-state index in [2.05, 4.69) is 0 Å². The van der Waals surface area contributed by atoms with E-state index in [1.165, 1.54) is 12.1 Å². The van der Waals surface area contributed by atoms with Crippen LogP contribution < -0.4 is 10.0 Å². The van der Waals surface area contributed by atoms with Crippen molar-refractivity contribution in [3.05, 3.63) is 98.7 Å². The molecule has 1 aromatic heterocycles. The third kappa shape index (κ3) is 6.91. The second-order valence-corrected chi connectivity index (χ2v) is 13.1. The highest BCUT2D eigenvalue weighted by Crippen LogP contribution is 2.28. The fraction of sp³-hybridized carbons (Fsp3) is 0.185. The Labute approximate surface area is 230 Å². The van der Waals surface area contributed by atoms with Gasteiger partial charge < -0.3 is 9.80 Å². The quantitative estimate of drug-likeness (QED) is 0.203. The summed E-state index contributed by atoms with van der Waals surface area (Å²) in [6, 6.07) is 22.2. The molecule has 0 radical (unpaired) electrons. The van der Waals surface area contributed by atoms with Gasteiger partial charge >= 0.3 is 0 Å². The van der Waals surface area contributed by atoms with Gasteiger partial charge in [-0.15, -0.1) is 0 Å². The standard InChI is InChI=1S/C27H27N3O3S4/c1-29(2)23-11-3-20(4-12-23)17-30(16-15-19-5-13-24(14-6-19)37(28,32)33)26(31)22-9-7-21(8-10-22)25-18-35-36-27(25)34/h3-14,18H,15-17H2,1-2H3,(H2,28,32,33). The van der Waals surface area contributed by atoms with Crippen LogP contribution in [-0.2, 0) is 23.0 Å². The largest absolute Gasteiger partial charge is 0.378 e. The Morgan fingerprint density at radius 3 is 2.08 bits per heavy atom. The van der Waals surface area contributed by atoms with E-state index in [1.807, 2.05) is 77.8 Å². The minimum absolute atomic E-state index is 0.0684. The van der Waals surface area contributed by atoms with Gasteiger partial charge in [-0.3, -0.25) is 4.79 Å². The molecule has 1 amide bonds. The molecular formula is C27H27N3O3S4. The zero-order valence-corrected chi connectivity index (χ0v) is 23.7. The Bertz CT molecular complexity index is 1520. The van der Waals surface area contributed by atoms with Gasteiger partial charge in [0.05, 0.1) is 4.90 Å². The average Bonchev–Trinajstić information content (AvgIpc) is 3.32. The third-order valence-electron chi connectivity index (χ3n) is 5.99. The topological polar surface area (TPSA) is 83.7 Å². The van der Waals surface area contributed by atoms with Crippen LogP contribution >= 0.6 is 32.9 Å². The number of benzene rings is 3. The summed E-state index contributed by atoms with van der Waals surface area (Å²) in [5.41, 5.74) is 5.64. The van der Waals surface area contributed by atoms with E-state index in [4.69, 9.17) is 17.4 Å². The third-order valence-corrected chi connectivity index (χ3v) is 9.58. The lowest BCUT2D eigenvalue weighted by Gasteiger charge is -2.24. The lowest BCUT2D eigenvalue weighted by Crippen LogP contribution is -2.32. The molecule has 0 saturated carbocycles. The predicted molar refractivity (Wildman–Crippen MR) is 155 cm³/mol. The minimum atomic E-state index is -3.75. The number of rotatable bonds is 9. The number of nitrogens with two attached hydrogens (primary N) is 1. The molecular weight excluding hydrogens is 543 g/mol. The summed E-state index contributed by atoms with van der Waals surface area (Å²) in [7, 11) is 3.40. The van der Waals surface area contributed by atoms with Gasteiger partial charge in [0.25, 0.3) is 5.91 Å². The van der Waals surface area contributed by atoms with Crippen LogP contribution in [-0.4, -0.2) is 39.9 Å². The fourth-order valence-corrected chi connectivity index (χ4v) is 6.76. The summed E-state index contributed by atoms with van der Waals surface area (Å²) >= 11 is 5.41. The van der Waals surface area contributed by atoms with Crippen molar-refractivity contribution in [1.82, 2.24) is 4.90 Å². The van der Waals surface area contributed by atoms with Crippen LogP contribution in [0.25, 0.3) is 11.1 Å². The van der Waals surface area contributed by atoms with Gasteiger partial charge in [0, 0.05) is 49.4 Å². The summed E-state index contributed by atoms with van der Waals surface area (Å²) in [5, 5.41) is 7.25. The van der Waals surface area contributed by atoms with Crippen LogP contribution in [0.1, 0.15) is 21.5 Å². The Hall–Kier alpha value is -2.89. The molecule has 0 aliphatic carbocycles. The van der Waals surface area contributed by atoms with Gasteiger partial charge in [-0.1, -0.05) is 69.3 Å². The number of carbonyl (C=O) groups is 1. The van der Waals surface area contributed by atoms with E-state index >= 15 is 0 Å². The Morgan fingerprint density at radius 2 is 1.54 bits per heavy atom. The first-order valence-corrected chi connectivity index (χ1v) is 15.6. The van der Waals surface area contributed by atoms with E-state index in [9.17, 15) is 13.2 Å². The second-order valence-electron chi connectivity index (χ2n) is 8.80. The monoisotopic (exact) mass is 569 g/mol. The zero-order chi connectivity index (χ0) is 26.6. The molecule has 0 aliphatic rings. The van der Waals surface area contributed by atoms with Crippen molar-refractivity contribution in [2.24, 2.45) is 5.14 Å². The first-order valence-electron chi connectivity index (χ1n) is 11.5. The van der Waals surface area contributed by atoms with Crippen molar-refractivity contribution in [3.63, 3.8) is 0 Å². The summed E-state index contributed by atoms with van der Waals surface area (Å²) in [6.07, 6.45) is 0.570. The number of nitrogens with zero attached hydrogens (tertiary/aromatic N) is 2. The molecule has 192 valence electrons. The summed E-state index contributed by atoms with van der Waals surface area (Å²) < 4.78 is 24.0. The number of hydrogen-bond acceptors (Lipinski definition) is 7. The maximum Gasteiger partial charge on any atom is 0.254 e. The molecule has 0 bridgehead atoms. The maximum absolute atomic E-state index is 13.6. The summed E-state index contributed by atoms with van der Waals surface area (Å²) in [4.78, 5) is 17.5. The number of sulfonamides is 1. The van der Waals surface area contributed by atoms with E-state index in [-0.39, 0.29) is 10.8 Å². The highest BCUT2D eigenvalue weighted by atomic mass is 32.9. The van der Waals surface area contributed by atoms with Crippen molar-refractivity contribution < 1.29 is 13.2 Å². The van der Waals surface area contributed by atoms with Crippen LogP contribution in [0.15, 0.2) is 83.1 Å². The molecule has 4 aromatic rings. The van der Waals surface area contributed by atoms with Crippen LogP contribution in [0.2, 0.25) is 0 Å². The van der Waals surface area contributed by atoms with Gasteiger partial charge in [0.1, 0.15) is 3.82 Å². The maximum atomic E-state index is 13.6. The van der Waals surface area contributed by atoms with Crippen molar-refractivity contribution in [2.75, 3.05) is 25.5 Å². The summed E-state index contributed by atoms with van der Waals surface area (Å²) in [6.45, 7) is 0.916. The molecule has 0 aliphatic heterocycles. The van der Waals surface area contributed by atoms with E-state index in [1.54, 1.807) is 32.8 Å². The highest BCUT2D eigenvalue weighted by molar-refractivity contribution is 7.89. The molecule has 0 spiro atoms. The molecule has 0 fully saturated rings. The first kappa shape index (κ1) is 27.2. The van der Waals surface area contributed by atoms with Gasteiger partial charge in [0.2, 0.25) is 10.0 Å². The van der Waals surface area contributed by atoms with Crippen LogP contribution in [0.5, 0.6) is 0 Å². The average molecular weight is 570 g/mol. The number of amides is 1. The summed E-state index contributed by atoms with van der Waals surface area (Å²) in [5.74, 6) is -0.0730. The van der Waals surface area contributed by atoms with Crippen LogP contribution in [0.4, 0.5) is 5.69 Å². The lowest BCUT2D eigenvalue weighted by molar-refractivity contribution is 0.0745. The van der Waals surface area contributed by atoms with Crippen molar-refractivity contribution >= 4 is 54.5 Å². The van der Waals surface area contributed by atoms with E-state index < -0.39 is 10.0 Å². The Kier molecular flexibility index (Phi) is 8.56. The van der Waals surface area contributed by atoms with Crippen LogP contribution in [0.3, 0.4) is 0 Å². The van der Waals surface area contributed by atoms with Crippen molar-refractivity contribution in [2.45, 2.75) is 17.9 Å². The first-order chi connectivity index (χ1) is 17.6. The van der Waals surface area contributed by atoms with E-state index in [0.29, 0.717) is 25.1 Å². The van der Waals surface area contributed by atoms with Crippen molar-refractivity contribution in [3.8, 4) is 11.1 Å². The second kappa shape index (κ2) is 11.7. The molecule has 10 heteroatoms. The molecule has 0 atom stereocenters. The fourth-order valence-electron chi connectivity index (χ4n) is 3.85. The Balaban J connectivity index is 1.55. The molecule has 0 saturated heterocycles. The minimum Gasteiger partial charge on any atom is -0.378 e. The van der Waals surface area contributed by atoms with Crippen LogP contribution in [0, 0.1) is 3.82 Å². The zero-order valence-electron chi connectivity index (χ0n) is 20.5. The van der Waals surface area contributed by atoms with Gasteiger partial charge in [-0.25, -0.2) is 13.6 Å². The highest BCUT2D eigenvalue weighted by Gasteiger charge is 2.17. The normalized spacial score (nSPS) is 11.3. The van der Waals surface area contributed by atoms with Gasteiger partial charge in [-0.05, 0) is 59.5 Å². The van der Waals surface area contributed by atoms with E-state index in [0.717, 1.165) is 31.8 Å². The molecule has 37 heavy (non-hydrogen) atoms. The Morgan fingerprint density at radius 1 is 0.919 bits per heavy atom. The van der Waals surface area contributed by atoms with Crippen molar-refractivity contribution in [1.29, 1.82) is 0 Å². The molecule has 1 heterocycles. The number of hydrogen-bond donors (Lipinski definition) is 1. The molecule has 0 unspecified atom stereocenters. The SMILES string of the molecule is CN(C)c1ccc(CN(CCc2ccc(S(N)(=O)=O)cc2)C(=O)c2ccc(-c3cssc3=S)cc2)cc1. The molecule has 2 N–H and O–H groups in total. The molecule has 4 rings (SSSR count). The van der Waals surface area contributed by atoms with Gasteiger partial charge in [0.15, 0.2) is 0 Å². The number of carbonyl (C=O) groups excluding carboxylic acids is 1. The number of primary sulfonamides is 1.